The Morgan fingerprint density at radius 3 is 2.68 bits per heavy atom. The maximum absolute atomic E-state index is 12.5. The Morgan fingerprint density at radius 1 is 1.12 bits per heavy atom. The zero-order valence-electron chi connectivity index (χ0n) is 13.6. The second-order valence-electron chi connectivity index (χ2n) is 5.74. The third-order valence-corrected chi connectivity index (χ3v) is 3.98. The fourth-order valence-electron chi connectivity index (χ4n) is 2.67. The number of hydrogen-bond acceptors (Lipinski definition) is 4. The SMILES string of the molecule is N#CN[C@@H](CCc1ccccc1)C(=O)Nc1cnc2ccccc2c1. The molecule has 0 fully saturated rings. The van der Waals surface area contributed by atoms with Crippen molar-refractivity contribution in [2.75, 3.05) is 5.32 Å². The quantitative estimate of drug-likeness (QED) is 0.537. The van der Waals surface area contributed by atoms with Crippen LogP contribution in [0.1, 0.15) is 12.0 Å². The van der Waals surface area contributed by atoms with Gasteiger partial charge in [-0.1, -0.05) is 48.5 Å². The van der Waals surface area contributed by atoms with Crippen molar-refractivity contribution in [2.24, 2.45) is 0 Å². The van der Waals surface area contributed by atoms with Gasteiger partial charge in [0.25, 0.3) is 0 Å². The molecule has 1 amide bonds. The highest BCUT2D eigenvalue weighted by molar-refractivity contribution is 5.96. The highest BCUT2D eigenvalue weighted by Crippen LogP contribution is 2.16. The maximum atomic E-state index is 12.5. The number of aryl methyl sites for hydroxylation is 1. The Kier molecular flexibility index (Phi) is 5.22. The number of aromatic nitrogens is 1. The van der Waals surface area contributed by atoms with Gasteiger partial charge in [0.05, 0.1) is 17.4 Å². The first-order valence-electron chi connectivity index (χ1n) is 8.10. The number of nitrogens with one attached hydrogen (secondary N) is 2. The molecule has 0 aliphatic heterocycles. The van der Waals surface area contributed by atoms with Gasteiger partial charge in [0, 0.05) is 5.39 Å². The van der Waals surface area contributed by atoms with E-state index in [9.17, 15) is 4.79 Å². The summed E-state index contributed by atoms with van der Waals surface area (Å²) in [7, 11) is 0. The molecular weight excluding hydrogens is 312 g/mol. The molecule has 0 aliphatic carbocycles. The van der Waals surface area contributed by atoms with Gasteiger partial charge in [0.2, 0.25) is 5.91 Å². The van der Waals surface area contributed by atoms with E-state index in [1.807, 2.05) is 66.9 Å². The molecule has 0 unspecified atom stereocenters. The number of carbonyl (C=O) groups is 1. The van der Waals surface area contributed by atoms with Crippen molar-refractivity contribution in [2.45, 2.75) is 18.9 Å². The van der Waals surface area contributed by atoms with Crippen LogP contribution in [0.2, 0.25) is 0 Å². The van der Waals surface area contributed by atoms with E-state index < -0.39 is 6.04 Å². The minimum atomic E-state index is -0.586. The molecule has 1 atom stereocenters. The van der Waals surface area contributed by atoms with Crippen LogP contribution >= 0.6 is 0 Å². The summed E-state index contributed by atoms with van der Waals surface area (Å²) >= 11 is 0. The zero-order valence-corrected chi connectivity index (χ0v) is 13.6. The van der Waals surface area contributed by atoms with Crippen molar-refractivity contribution in [3.63, 3.8) is 0 Å². The first-order valence-corrected chi connectivity index (χ1v) is 8.10. The van der Waals surface area contributed by atoms with Gasteiger partial charge in [-0.05, 0) is 30.5 Å². The molecule has 3 aromatic rings. The molecule has 0 spiro atoms. The van der Waals surface area contributed by atoms with E-state index in [0.29, 0.717) is 18.5 Å². The van der Waals surface area contributed by atoms with Crippen molar-refractivity contribution >= 4 is 22.5 Å². The van der Waals surface area contributed by atoms with Crippen LogP contribution in [-0.2, 0) is 11.2 Å². The largest absolute Gasteiger partial charge is 0.323 e. The molecule has 3 rings (SSSR count). The molecule has 5 heteroatoms. The molecule has 0 bridgehead atoms. The van der Waals surface area contributed by atoms with Gasteiger partial charge in [0.15, 0.2) is 6.19 Å². The molecule has 5 nitrogen and oxygen atoms in total. The Hall–Kier alpha value is -3.39. The lowest BCUT2D eigenvalue weighted by Crippen LogP contribution is -2.38. The Morgan fingerprint density at radius 2 is 1.88 bits per heavy atom. The smallest absolute Gasteiger partial charge is 0.247 e. The number of amides is 1. The number of hydrogen-bond donors (Lipinski definition) is 2. The number of fused-ring (bicyclic) bond motifs is 1. The predicted molar refractivity (Wildman–Crippen MR) is 97.7 cm³/mol. The summed E-state index contributed by atoms with van der Waals surface area (Å²) in [6.07, 6.45) is 4.74. The summed E-state index contributed by atoms with van der Waals surface area (Å²) in [4.78, 5) is 16.8. The number of carbonyl (C=O) groups excluding carboxylic acids is 1. The summed E-state index contributed by atoms with van der Waals surface area (Å²) in [5.74, 6) is -0.241. The van der Waals surface area contributed by atoms with Crippen LogP contribution in [0.15, 0.2) is 66.9 Å². The molecule has 2 N–H and O–H groups in total. The van der Waals surface area contributed by atoms with Gasteiger partial charge in [-0.15, -0.1) is 0 Å². The van der Waals surface area contributed by atoms with E-state index >= 15 is 0 Å². The van der Waals surface area contributed by atoms with Gasteiger partial charge in [-0.3, -0.25) is 9.78 Å². The lowest BCUT2D eigenvalue weighted by atomic mass is 10.0. The van der Waals surface area contributed by atoms with Crippen molar-refractivity contribution in [1.82, 2.24) is 10.3 Å². The lowest BCUT2D eigenvalue weighted by molar-refractivity contribution is -0.118. The van der Waals surface area contributed by atoms with Crippen molar-refractivity contribution in [3.05, 3.63) is 72.4 Å². The monoisotopic (exact) mass is 330 g/mol. The number of nitriles is 1. The lowest BCUT2D eigenvalue weighted by Gasteiger charge is -2.15. The molecule has 0 saturated heterocycles. The second-order valence-corrected chi connectivity index (χ2v) is 5.74. The van der Waals surface area contributed by atoms with E-state index in [2.05, 4.69) is 15.6 Å². The minimum Gasteiger partial charge on any atom is -0.323 e. The van der Waals surface area contributed by atoms with Crippen LogP contribution in [0.5, 0.6) is 0 Å². The molecule has 0 aliphatic rings. The first-order chi connectivity index (χ1) is 12.3. The van der Waals surface area contributed by atoms with E-state index in [0.717, 1.165) is 16.5 Å². The number of nitrogens with zero attached hydrogens (tertiary/aromatic N) is 2. The van der Waals surface area contributed by atoms with Crippen molar-refractivity contribution in [1.29, 1.82) is 5.26 Å². The molecule has 0 radical (unpaired) electrons. The van der Waals surface area contributed by atoms with Gasteiger partial charge < -0.3 is 10.6 Å². The number of pyridine rings is 1. The Bertz CT molecular complexity index is 902. The first kappa shape index (κ1) is 16.5. The second kappa shape index (κ2) is 7.93. The van der Waals surface area contributed by atoms with Crippen LogP contribution in [0.4, 0.5) is 5.69 Å². The van der Waals surface area contributed by atoms with Gasteiger partial charge in [-0.2, -0.15) is 5.26 Å². The highest BCUT2D eigenvalue weighted by atomic mass is 16.2. The summed E-state index contributed by atoms with van der Waals surface area (Å²) in [6.45, 7) is 0. The fourth-order valence-corrected chi connectivity index (χ4v) is 2.67. The fraction of sp³-hybridized carbons (Fsp3) is 0.150. The summed E-state index contributed by atoms with van der Waals surface area (Å²) in [5.41, 5.74) is 2.62. The predicted octanol–water partition coefficient (Wildman–Crippen LogP) is 3.25. The number of benzene rings is 2. The van der Waals surface area contributed by atoms with Crippen LogP contribution < -0.4 is 10.6 Å². The molecule has 124 valence electrons. The third kappa shape index (κ3) is 4.33. The number of anilines is 1. The van der Waals surface area contributed by atoms with Gasteiger partial charge >= 0.3 is 0 Å². The van der Waals surface area contributed by atoms with Crippen LogP contribution in [0.25, 0.3) is 10.9 Å². The molecule has 1 heterocycles. The normalized spacial score (nSPS) is 11.5. The molecule has 25 heavy (non-hydrogen) atoms. The summed E-state index contributed by atoms with van der Waals surface area (Å²) in [5, 5.41) is 15.3. The van der Waals surface area contributed by atoms with Gasteiger partial charge in [-0.25, -0.2) is 0 Å². The van der Waals surface area contributed by atoms with E-state index in [1.54, 1.807) is 6.20 Å². The zero-order chi connectivity index (χ0) is 17.5. The number of rotatable bonds is 6. The van der Waals surface area contributed by atoms with Crippen molar-refractivity contribution in [3.8, 4) is 6.19 Å². The molecule has 2 aromatic carbocycles. The van der Waals surface area contributed by atoms with Crippen LogP contribution in [-0.4, -0.2) is 16.9 Å². The highest BCUT2D eigenvalue weighted by Gasteiger charge is 2.18. The standard InChI is InChI=1S/C20H18N4O/c21-14-23-19(11-10-15-6-2-1-3-7-15)20(25)24-17-12-16-8-4-5-9-18(16)22-13-17/h1-9,12-13,19,23H,10-11H2,(H,24,25)/t19-/m0/s1. The minimum absolute atomic E-state index is 0.241. The molecular formula is C20H18N4O. The average molecular weight is 330 g/mol. The summed E-state index contributed by atoms with van der Waals surface area (Å²) < 4.78 is 0. The summed E-state index contributed by atoms with van der Waals surface area (Å²) in [6, 6.07) is 18.9. The van der Waals surface area contributed by atoms with E-state index in [-0.39, 0.29) is 5.91 Å². The Balaban J connectivity index is 1.68. The molecule has 0 saturated carbocycles. The topological polar surface area (TPSA) is 77.8 Å². The Labute approximate surface area is 146 Å². The van der Waals surface area contributed by atoms with Crippen molar-refractivity contribution < 1.29 is 4.79 Å². The maximum Gasteiger partial charge on any atom is 0.247 e. The van der Waals surface area contributed by atoms with Crippen LogP contribution in [0.3, 0.4) is 0 Å². The van der Waals surface area contributed by atoms with Gasteiger partial charge in [0.1, 0.15) is 6.04 Å². The number of para-hydroxylation sites is 1. The third-order valence-electron chi connectivity index (χ3n) is 3.98. The van der Waals surface area contributed by atoms with E-state index in [4.69, 9.17) is 5.26 Å². The average Bonchev–Trinajstić information content (AvgIpc) is 2.65. The van der Waals surface area contributed by atoms with E-state index in [1.165, 1.54) is 0 Å². The molecule has 1 aromatic heterocycles. The van der Waals surface area contributed by atoms with Crippen LogP contribution in [0, 0.1) is 11.5 Å².